The third-order valence-electron chi connectivity index (χ3n) is 23.9. The standard InChI is InChI=1S/C24H24BNO.C21H23B3O3.C20H23NO3.C17H19NO.C9H15NO4.C5H9NO2/c1-19-11-8-9-16-22(19)25-26-18-10-17-23(26)24(27-25,20-12-4-2-5-13-20)21-14-6-3-7-15-21;1-16-10-4-7-13-19(16)22-25-23(20-14-8-5-11-17(20)2)27-24(26-22)21-15-9-6-12-18(21)3;1-2-24-19(22)21-15-9-14-18(21)20(23,16-10-5-3-6-11-16)17-12-7-4-8-13-17;19-17(16-12-7-13-18-16,14-8-3-1-4-9-14)15-10-5-2-6-11-15;1-3-14-9(12)10-6-4-5-7(10)8(11)13-2;7-5(8)4-2-1-3-6-4/h2-9,11-16,23H,10,17-18H2,1H3;4-16,19H,1-3H3;3-8,10-13,18,23H,2,9,14-15H2,1H3;1-6,8-11,16,18-19H,7,12-13H2;7H,3-6H2,1-2H3;4,6H,1-3H2,(H,7,8)/t23-;;18-;16-;7-;4-/m1.1111/s1. The van der Waals surface area contributed by atoms with E-state index in [9.17, 15) is 29.4 Å². The van der Waals surface area contributed by atoms with Crippen LogP contribution in [0.4, 0.5) is 9.59 Å². The summed E-state index contributed by atoms with van der Waals surface area (Å²) in [6.07, 6.45) is 17.1. The maximum absolute atomic E-state index is 12.4. The molecular weight excluding hydrogens is 1490 g/mol. The lowest BCUT2D eigenvalue weighted by atomic mass is 9.55. The van der Waals surface area contributed by atoms with E-state index in [2.05, 4.69) is 181 Å². The van der Waals surface area contributed by atoms with E-state index in [-0.39, 0.29) is 50.2 Å². The van der Waals surface area contributed by atoms with Gasteiger partial charge in [-0.1, -0.05) is 303 Å². The summed E-state index contributed by atoms with van der Waals surface area (Å²) in [5, 5.41) is 37.8. The third-order valence-corrected chi connectivity index (χ3v) is 23.9. The lowest BCUT2D eigenvalue weighted by molar-refractivity contribution is -0.145. The number of nitrogens with one attached hydrogen (secondary N) is 2. The summed E-state index contributed by atoms with van der Waals surface area (Å²) in [7, 11) is 0.0367. The van der Waals surface area contributed by atoms with Gasteiger partial charge in [-0.05, 0) is 174 Å². The summed E-state index contributed by atoms with van der Waals surface area (Å²) >= 11 is 0. The van der Waals surface area contributed by atoms with Crippen molar-refractivity contribution in [1.82, 2.24) is 25.2 Å². The van der Waals surface area contributed by atoms with E-state index in [1.54, 1.807) is 18.7 Å². The number of aliphatic hydroxyl groups is 2. The number of aryl methyl sites for hydroxylation is 3. The molecule has 23 heteroatoms. The number of carbonyl (C=O) groups is 4. The van der Waals surface area contributed by atoms with Crippen LogP contribution in [0.5, 0.6) is 0 Å². The topological polar surface area (TPSA) is 227 Å². The summed E-state index contributed by atoms with van der Waals surface area (Å²) in [6, 6.07) is 85.1. The van der Waals surface area contributed by atoms with Crippen LogP contribution in [-0.2, 0) is 59.0 Å². The molecule has 1 aliphatic carbocycles. The Morgan fingerprint density at radius 2 is 0.916 bits per heavy atom. The molecule has 7 heterocycles. The molecule has 7 fully saturated rings. The highest BCUT2D eigenvalue weighted by Gasteiger charge is 2.59. The van der Waals surface area contributed by atoms with E-state index in [1.807, 2.05) is 146 Å². The van der Waals surface area contributed by atoms with Crippen molar-refractivity contribution in [1.29, 1.82) is 0 Å². The van der Waals surface area contributed by atoms with E-state index in [0.717, 1.165) is 115 Å². The van der Waals surface area contributed by atoms with Crippen LogP contribution in [0.3, 0.4) is 0 Å². The summed E-state index contributed by atoms with van der Waals surface area (Å²) in [6.45, 7) is 16.8. The Hall–Kier alpha value is -10.2. The fourth-order valence-corrected chi connectivity index (χ4v) is 17.7. The minimum absolute atomic E-state index is 0.000822. The van der Waals surface area contributed by atoms with Crippen molar-refractivity contribution in [2.75, 3.05) is 53.0 Å². The number of aliphatic carboxylic acids is 1. The number of carboxylic acids is 1. The summed E-state index contributed by atoms with van der Waals surface area (Å²) < 4.78 is 40.7. The number of ether oxygens (including phenoxy) is 3. The largest absolute Gasteiger partial charge is 0.480 e. The Kier molecular flexibility index (Phi) is 31.6. The van der Waals surface area contributed by atoms with Crippen molar-refractivity contribution in [3.63, 3.8) is 0 Å². The predicted molar refractivity (Wildman–Crippen MR) is 471 cm³/mol. The first-order valence-electron chi connectivity index (χ1n) is 42.3. The lowest BCUT2D eigenvalue weighted by Crippen LogP contribution is -2.60. The monoisotopic (exact) mass is 1600 g/mol. The average molecular weight is 1600 g/mol. The van der Waals surface area contributed by atoms with Gasteiger partial charge in [-0.15, -0.1) is 0 Å². The van der Waals surface area contributed by atoms with Crippen molar-refractivity contribution < 1.29 is 67.1 Å². The molecule has 119 heavy (non-hydrogen) atoms. The number of carbonyl (C=O) groups excluding carboxylic acids is 3. The lowest BCUT2D eigenvalue weighted by Gasteiger charge is -2.39. The second-order valence-corrected chi connectivity index (χ2v) is 31.3. The number of methoxy groups -OCH3 is 1. The normalized spacial score (nSPS) is 21.0. The van der Waals surface area contributed by atoms with Gasteiger partial charge in [-0.25, -0.2) is 14.4 Å². The number of esters is 1. The summed E-state index contributed by atoms with van der Waals surface area (Å²) in [5.41, 5.74) is 10.4. The fraction of sp³-hybridized carbons (Fsp3) is 0.354. The molecule has 2 unspecified atom stereocenters. The Bertz CT molecular complexity index is 4580. The molecule has 0 aromatic heterocycles. The van der Waals surface area contributed by atoms with E-state index < -0.39 is 49.1 Å². The zero-order chi connectivity index (χ0) is 83.7. The maximum atomic E-state index is 12.4. The van der Waals surface area contributed by atoms with Crippen LogP contribution in [0, 0.1) is 26.7 Å². The van der Waals surface area contributed by atoms with Gasteiger partial charge in [0.15, 0.2) is 0 Å². The number of carboxylic acid groups (broad SMARTS) is 1. The Morgan fingerprint density at radius 1 is 0.487 bits per heavy atom. The first-order valence-corrected chi connectivity index (χ1v) is 42.3. The molecule has 9 aromatic rings. The molecule has 8 aliphatic rings. The number of amides is 2. The van der Waals surface area contributed by atoms with Gasteiger partial charge in [0.05, 0.1) is 26.4 Å². The molecule has 2 amide bonds. The quantitative estimate of drug-likeness (QED) is 0.0344. The van der Waals surface area contributed by atoms with Crippen LogP contribution in [-0.4, -0.2) is 166 Å². The van der Waals surface area contributed by atoms with E-state index in [0.29, 0.717) is 44.7 Å². The molecule has 7 atom stereocenters. The van der Waals surface area contributed by atoms with E-state index in [1.165, 1.54) is 40.6 Å². The molecule has 7 saturated heterocycles. The predicted octanol–water partition coefficient (Wildman–Crippen LogP) is 14.0. The first-order chi connectivity index (χ1) is 57.9. The molecule has 19 nitrogen and oxygen atoms in total. The van der Waals surface area contributed by atoms with Gasteiger partial charge in [0.1, 0.15) is 28.9 Å². The van der Waals surface area contributed by atoms with Crippen LogP contribution in [0.2, 0.25) is 5.82 Å². The van der Waals surface area contributed by atoms with E-state index in [4.69, 9.17) is 33.0 Å². The highest BCUT2D eigenvalue weighted by molar-refractivity contribution is 6.84. The van der Waals surface area contributed by atoms with Gasteiger partial charge in [0.2, 0.25) is 0 Å². The van der Waals surface area contributed by atoms with Gasteiger partial charge in [0.25, 0.3) is 0 Å². The van der Waals surface area contributed by atoms with Crippen LogP contribution < -0.4 is 27.0 Å². The fourth-order valence-electron chi connectivity index (χ4n) is 17.7. The smallest absolute Gasteiger partial charge is 0.467 e. The minimum Gasteiger partial charge on any atom is -0.480 e. The van der Waals surface area contributed by atoms with E-state index >= 15 is 0 Å². The average Bonchev–Trinajstić information content (AvgIpc) is 1.56. The maximum Gasteiger partial charge on any atom is 0.467 e. The number of likely N-dealkylation sites (tertiary alicyclic amines) is 2. The number of hydrogen-bond acceptors (Lipinski definition) is 16. The Balaban J connectivity index is 0.000000135. The van der Waals surface area contributed by atoms with Crippen molar-refractivity contribution in [2.45, 2.75) is 159 Å². The second-order valence-electron chi connectivity index (χ2n) is 31.3. The molecule has 0 spiro atoms. The molecule has 618 valence electrons. The van der Waals surface area contributed by atoms with Crippen LogP contribution in [0.15, 0.2) is 279 Å². The van der Waals surface area contributed by atoms with Gasteiger partial charge in [-0.3, -0.25) is 9.69 Å². The van der Waals surface area contributed by atoms with Crippen molar-refractivity contribution in [3.05, 3.63) is 329 Å². The molecule has 7 aliphatic heterocycles. The van der Waals surface area contributed by atoms with Gasteiger partial charge in [0, 0.05) is 31.0 Å². The number of rotatable bonds is 16. The molecule has 9 aromatic carbocycles. The Labute approximate surface area is 704 Å². The third kappa shape index (κ3) is 20.8. The van der Waals surface area contributed by atoms with Gasteiger partial charge in [-0.2, -0.15) is 0 Å². The second kappa shape index (κ2) is 42.7. The molecule has 5 N–H and O–H groups in total. The van der Waals surface area contributed by atoms with Gasteiger partial charge >= 0.3 is 52.5 Å². The van der Waals surface area contributed by atoms with Crippen LogP contribution in [0.1, 0.15) is 135 Å². The van der Waals surface area contributed by atoms with Gasteiger partial charge < -0.3 is 68.2 Å². The molecule has 0 bridgehead atoms. The number of nitrogens with zero attached hydrogens (tertiary/aromatic N) is 3. The molecule has 0 saturated carbocycles. The van der Waals surface area contributed by atoms with Crippen LogP contribution in [0.25, 0.3) is 0 Å². The number of allylic oxidation sites excluding steroid dienone is 4. The highest BCUT2D eigenvalue weighted by atomic mass is 16.7. The SMILES string of the molecule is CCOC(=O)N1CCC[C@@H]1C(=O)OC.CCOC(=O)N1CCC[C@@H]1C(O)(c1ccccc1)c1ccccc1.Cc1ccccc1B1OB(c2ccccc2C)OB(C2C=CC=CC2C)O1.Cc1ccccc1B1OC(c2ccccc2)(c2ccccc2)[C@H]2CCCN12.O=C(O)[C@H]1CCCN1.OC(c1ccccc1)(c1ccccc1)[C@H]1CCCN1. The minimum atomic E-state index is -1.26. The highest BCUT2D eigenvalue weighted by Crippen LogP contribution is 2.49. The zero-order valence-corrected chi connectivity index (χ0v) is 69.6. The molecule has 17 rings (SSSR count). The zero-order valence-electron chi connectivity index (χ0n) is 69.6. The number of benzene rings is 9. The molecular formula is C96H113B4N5O14. The summed E-state index contributed by atoms with van der Waals surface area (Å²) in [5.74, 6) is -0.594. The first kappa shape index (κ1) is 88.1. The Morgan fingerprint density at radius 3 is 1.36 bits per heavy atom. The van der Waals surface area contributed by atoms with Crippen molar-refractivity contribution >= 4 is 68.9 Å². The number of fused-ring (bicyclic) bond motifs is 1. The number of hydrogen-bond donors (Lipinski definition) is 5. The molecule has 0 radical (unpaired) electrons. The van der Waals surface area contributed by atoms with Crippen LogP contribution >= 0.6 is 0 Å². The van der Waals surface area contributed by atoms with Crippen molar-refractivity contribution in [2.24, 2.45) is 5.92 Å². The summed E-state index contributed by atoms with van der Waals surface area (Å²) in [4.78, 5) is 50.8. The van der Waals surface area contributed by atoms with Crippen molar-refractivity contribution in [3.8, 4) is 0 Å².